The summed E-state index contributed by atoms with van der Waals surface area (Å²) in [6, 6.07) is 0.183. The summed E-state index contributed by atoms with van der Waals surface area (Å²) in [6.45, 7) is 9.39. The highest BCUT2D eigenvalue weighted by atomic mass is 16.5. The highest BCUT2D eigenvalue weighted by Crippen LogP contribution is 2.13. The van der Waals surface area contributed by atoms with E-state index in [0.29, 0.717) is 19.1 Å². The standard InChI is InChI=1S/C16H29N5O2/c1-12(21-9-13(2)23-14(3)10-21)7-18-16(22)17-6-5-15-8-19-20(4)11-15/h8,11-14H,5-7,9-10H2,1-4H3,(H2,17,18,22)/t12-,13-,14-/m1/s1. The Kier molecular flexibility index (Phi) is 6.41. The molecule has 2 N–H and O–H groups in total. The van der Waals surface area contributed by atoms with Crippen molar-refractivity contribution in [2.75, 3.05) is 26.2 Å². The Morgan fingerprint density at radius 3 is 2.70 bits per heavy atom. The number of carbonyl (C=O) groups excluding carboxylic acids is 1. The van der Waals surface area contributed by atoms with Gasteiger partial charge in [-0.1, -0.05) is 0 Å². The third-order valence-corrected chi connectivity index (χ3v) is 4.09. The Morgan fingerprint density at radius 2 is 2.09 bits per heavy atom. The summed E-state index contributed by atoms with van der Waals surface area (Å²) in [5.74, 6) is 0. The van der Waals surface area contributed by atoms with Crippen LogP contribution in [0.1, 0.15) is 26.3 Å². The van der Waals surface area contributed by atoms with Gasteiger partial charge in [0, 0.05) is 45.5 Å². The van der Waals surface area contributed by atoms with Crippen molar-refractivity contribution in [1.82, 2.24) is 25.3 Å². The average Bonchev–Trinajstić information content (AvgIpc) is 2.89. The molecule has 0 aromatic carbocycles. The van der Waals surface area contributed by atoms with Gasteiger partial charge in [0.15, 0.2) is 0 Å². The van der Waals surface area contributed by atoms with E-state index in [1.807, 2.05) is 19.4 Å². The number of nitrogens with one attached hydrogen (secondary N) is 2. The molecule has 1 aromatic rings. The number of carbonyl (C=O) groups is 1. The third-order valence-electron chi connectivity index (χ3n) is 4.09. The highest BCUT2D eigenvalue weighted by Gasteiger charge is 2.25. The number of hydrogen-bond donors (Lipinski definition) is 2. The van der Waals surface area contributed by atoms with Crippen LogP contribution in [-0.4, -0.2) is 65.1 Å². The number of aromatic nitrogens is 2. The smallest absolute Gasteiger partial charge is 0.314 e. The molecule has 0 spiro atoms. The summed E-state index contributed by atoms with van der Waals surface area (Å²) in [7, 11) is 1.89. The van der Waals surface area contributed by atoms with Gasteiger partial charge < -0.3 is 15.4 Å². The Balaban J connectivity index is 1.63. The Bertz CT molecular complexity index is 494. The second-order valence-corrected chi connectivity index (χ2v) is 6.47. The maximum Gasteiger partial charge on any atom is 0.314 e. The van der Waals surface area contributed by atoms with Crippen LogP contribution >= 0.6 is 0 Å². The van der Waals surface area contributed by atoms with Crippen molar-refractivity contribution in [2.45, 2.75) is 45.4 Å². The van der Waals surface area contributed by atoms with Gasteiger partial charge in [0.1, 0.15) is 0 Å². The molecule has 1 aliphatic heterocycles. The summed E-state index contributed by atoms with van der Waals surface area (Å²) >= 11 is 0. The number of amides is 2. The lowest BCUT2D eigenvalue weighted by molar-refractivity contribution is -0.0778. The number of morpholine rings is 1. The van der Waals surface area contributed by atoms with E-state index in [-0.39, 0.29) is 18.2 Å². The van der Waals surface area contributed by atoms with Gasteiger partial charge in [0.25, 0.3) is 0 Å². The molecule has 0 aliphatic carbocycles. The van der Waals surface area contributed by atoms with E-state index in [1.54, 1.807) is 4.68 Å². The first-order chi connectivity index (χ1) is 10.9. The summed E-state index contributed by atoms with van der Waals surface area (Å²) < 4.78 is 7.51. The maximum absolute atomic E-state index is 11.9. The molecule has 2 heterocycles. The number of aryl methyl sites for hydroxylation is 1. The van der Waals surface area contributed by atoms with Crippen molar-refractivity contribution in [2.24, 2.45) is 7.05 Å². The quantitative estimate of drug-likeness (QED) is 0.811. The molecule has 1 saturated heterocycles. The summed E-state index contributed by atoms with van der Waals surface area (Å²) in [6.07, 6.45) is 5.06. The molecular weight excluding hydrogens is 294 g/mol. The van der Waals surface area contributed by atoms with Crippen molar-refractivity contribution in [3.05, 3.63) is 18.0 Å². The number of hydrogen-bond acceptors (Lipinski definition) is 4. The minimum absolute atomic E-state index is 0.116. The van der Waals surface area contributed by atoms with Crippen molar-refractivity contribution in [1.29, 1.82) is 0 Å². The Labute approximate surface area is 138 Å². The normalized spacial score (nSPS) is 23.5. The van der Waals surface area contributed by atoms with Crippen LogP contribution < -0.4 is 10.6 Å². The molecule has 7 nitrogen and oxygen atoms in total. The van der Waals surface area contributed by atoms with E-state index in [9.17, 15) is 4.79 Å². The number of urea groups is 1. The SMILES string of the molecule is C[C@@H]1CN([C@H](C)CNC(=O)NCCc2cnn(C)c2)C[C@@H](C)O1. The molecule has 23 heavy (non-hydrogen) atoms. The van der Waals surface area contributed by atoms with E-state index in [2.05, 4.69) is 41.4 Å². The molecule has 0 saturated carbocycles. The zero-order chi connectivity index (χ0) is 16.8. The van der Waals surface area contributed by atoms with Gasteiger partial charge in [0.05, 0.1) is 18.4 Å². The van der Waals surface area contributed by atoms with Crippen LogP contribution in [0.4, 0.5) is 4.79 Å². The van der Waals surface area contributed by atoms with Gasteiger partial charge in [-0.3, -0.25) is 9.58 Å². The monoisotopic (exact) mass is 323 g/mol. The lowest BCUT2D eigenvalue weighted by Crippen LogP contribution is -2.53. The molecule has 3 atom stereocenters. The predicted molar refractivity (Wildman–Crippen MR) is 89.4 cm³/mol. The second-order valence-electron chi connectivity index (χ2n) is 6.47. The van der Waals surface area contributed by atoms with Crippen LogP contribution in [0.2, 0.25) is 0 Å². The molecule has 7 heteroatoms. The fraction of sp³-hybridized carbons (Fsp3) is 0.750. The van der Waals surface area contributed by atoms with Gasteiger partial charge in [0.2, 0.25) is 0 Å². The first-order valence-corrected chi connectivity index (χ1v) is 8.32. The number of rotatable bonds is 6. The first-order valence-electron chi connectivity index (χ1n) is 8.32. The van der Waals surface area contributed by atoms with E-state index in [1.165, 1.54) is 0 Å². The molecule has 1 aliphatic rings. The molecule has 130 valence electrons. The van der Waals surface area contributed by atoms with E-state index >= 15 is 0 Å². The van der Waals surface area contributed by atoms with Gasteiger partial charge in [-0.25, -0.2) is 4.79 Å². The molecule has 0 bridgehead atoms. The van der Waals surface area contributed by atoms with Crippen LogP contribution in [-0.2, 0) is 18.2 Å². The van der Waals surface area contributed by atoms with Crippen LogP contribution in [0.15, 0.2) is 12.4 Å². The minimum atomic E-state index is -0.116. The molecular formula is C16H29N5O2. The van der Waals surface area contributed by atoms with Crippen LogP contribution in [0.5, 0.6) is 0 Å². The van der Waals surface area contributed by atoms with E-state index in [0.717, 1.165) is 25.1 Å². The van der Waals surface area contributed by atoms with Gasteiger partial charge in [-0.15, -0.1) is 0 Å². The molecule has 1 fully saturated rings. The lowest BCUT2D eigenvalue weighted by atomic mass is 10.2. The molecule has 2 rings (SSSR count). The van der Waals surface area contributed by atoms with Crippen LogP contribution in [0.25, 0.3) is 0 Å². The molecule has 0 radical (unpaired) electrons. The number of ether oxygens (including phenoxy) is 1. The second kappa shape index (κ2) is 8.31. The zero-order valence-electron chi connectivity index (χ0n) is 14.6. The largest absolute Gasteiger partial charge is 0.373 e. The Morgan fingerprint density at radius 1 is 1.39 bits per heavy atom. The topological polar surface area (TPSA) is 71.4 Å². The third kappa shape index (κ3) is 5.84. The number of nitrogens with zero attached hydrogens (tertiary/aromatic N) is 3. The van der Waals surface area contributed by atoms with E-state index in [4.69, 9.17) is 4.74 Å². The molecule has 1 aromatic heterocycles. The van der Waals surface area contributed by atoms with Gasteiger partial charge in [-0.2, -0.15) is 5.10 Å². The summed E-state index contributed by atoms with van der Waals surface area (Å²) in [5.41, 5.74) is 1.12. The Hall–Kier alpha value is -1.60. The lowest BCUT2D eigenvalue weighted by Gasteiger charge is -2.38. The highest BCUT2D eigenvalue weighted by molar-refractivity contribution is 5.73. The summed E-state index contributed by atoms with van der Waals surface area (Å²) in [5, 5.41) is 9.94. The maximum atomic E-state index is 11.9. The van der Waals surface area contributed by atoms with Crippen LogP contribution in [0, 0.1) is 0 Å². The van der Waals surface area contributed by atoms with Crippen molar-refractivity contribution in [3.8, 4) is 0 Å². The minimum Gasteiger partial charge on any atom is -0.373 e. The average molecular weight is 323 g/mol. The van der Waals surface area contributed by atoms with Gasteiger partial charge in [-0.05, 0) is 32.8 Å². The van der Waals surface area contributed by atoms with Crippen molar-refractivity contribution >= 4 is 6.03 Å². The van der Waals surface area contributed by atoms with Crippen molar-refractivity contribution in [3.63, 3.8) is 0 Å². The first kappa shape index (κ1) is 17.7. The van der Waals surface area contributed by atoms with Crippen LogP contribution in [0.3, 0.4) is 0 Å². The fourth-order valence-corrected chi connectivity index (χ4v) is 2.93. The fourth-order valence-electron chi connectivity index (χ4n) is 2.93. The predicted octanol–water partition coefficient (Wildman–Crippen LogP) is 0.760. The molecule has 0 unspecified atom stereocenters. The molecule has 2 amide bonds. The van der Waals surface area contributed by atoms with E-state index < -0.39 is 0 Å². The van der Waals surface area contributed by atoms with Crippen molar-refractivity contribution < 1.29 is 9.53 Å². The van der Waals surface area contributed by atoms with Gasteiger partial charge >= 0.3 is 6.03 Å². The zero-order valence-corrected chi connectivity index (χ0v) is 14.6. The summed E-state index contributed by atoms with van der Waals surface area (Å²) in [4.78, 5) is 14.2.